The molecule has 2 aliphatic rings. The van der Waals surface area contributed by atoms with Gasteiger partial charge in [0.1, 0.15) is 12.1 Å². The lowest BCUT2D eigenvalue weighted by Gasteiger charge is -2.31. The van der Waals surface area contributed by atoms with Crippen LogP contribution in [-0.2, 0) is 17.8 Å². The summed E-state index contributed by atoms with van der Waals surface area (Å²) in [5.41, 5.74) is 2.40. The zero-order chi connectivity index (χ0) is 18.8. The molecule has 150 valence electrons. The normalized spacial score (nSPS) is 16.8. The maximum atomic E-state index is 14.7. The molecule has 0 radical (unpaired) electrons. The van der Waals surface area contributed by atoms with Gasteiger partial charge in [-0.15, -0.1) is 12.4 Å². The van der Waals surface area contributed by atoms with Crippen LogP contribution >= 0.6 is 12.4 Å². The number of anilines is 1. The molecule has 0 saturated carbocycles. The summed E-state index contributed by atoms with van der Waals surface area (Å²) in [6.45, 7) is 2.40. The van der Waals surface area contributed by atoms with E-state index in [9.17, 15) is 14.0 Å². The Bertz CT molecular complexity index is 849. The number of nitrogens with one attached hydrogen (secondary N) is 2. The van der Waals surface area contributed by atoms with Gasteiger partial charge in [0.15, 0.2) is 0 Å². The number of hydrogen-bond acceptors (Lipinski definition) is 4. The largest absolute Gasteiger partial charge is 0.472 e. The molecule has 4 rings (SSSR count). The van der Waals surface area contributed by atoms with Crippen molar-refractivity contribution in [3.8, 4) is 0 Å². The van der Waals surface area contributed by atoms with Gasteiger partial charge in [-0.3, -0.25) is 9.59 Å². The molecule has 6 nitrogen and oxygen atoms in total. The summed E-state index contributed by atoms with van der Waals surface area (Å²) in [6.07, 6.45) is 4.64. The fraction of sp³-hybridized carbons (Fsp3) is 0.400. The number of furan rings is 1. The van der Waals surface area contributed by atoms with E-state index in [1.807, 2.05) is 6.07 Å². The molecule has 3 heterocycles. The molecule has 2 amide bonds. The minimum absolute atomic E-state index is 0. The molecule has 0 aliphatic carbocycles. The van der Waals surface area contributed by atoms with Crippen molar-refractivity contribution < 1.29 is 18.4 Å². The quantitative estimate of drug-likeness (QED) is 0.820. The van der Waals surface area contributed by atoms with Gasteiger partial charge in [0.05, 0.1) is 17.5 Å². The first kappa shape index (κ1) is 20.4. The first-order chi connectivity index (χ1) is 13.1. The number of rotatable bonds is 3. The van der Waals surface area contributed by atoms with Crippen molar-refractivity contribution in [3.05, 3.63) is 53.2 Å². The first-order valence-corrected chi connectivity index (χ1v) is 9.27. The second kappa shape index (κ2) is 8.75. The number of fused-ring (bicyclic) bond motifs is 1. The Balaban J connectivity index is 0.00000225. The second-order valence-electron chi connectivity index (χ2n) is 7.06. The maximum absolute atomic E-state index is 14.7. The summed E-state index contributed by atoms with van der Waals surface area (Å²) < 4.78 is 19.7. The molecule has 1 saturated heterocycles. The first-order valence-electron chi connectivity index (χ1n) is 9.27. The minimum Gasteiger partial charge on any atom is -0.472 e. The predicted molar refractivity (Wildman–Crippen MR) is 105 cm³/mol. The van der Waals surface area contributed by atoms with Gasteiger partial charge in [-0.05, 0) is 49.1 Å². The Hall–Kier alpha value is -2.38. The number of carbonyl (C=O) groups is 2. The fourth-order valence-electron chi connectivity index (χ4n) is 3.78. The summed E-state index contributed by atoms with van der Waals surface area (Å²) in [5.74, 6) is -0.819. The van der Waals surface area contributed by atoms with Crippen LogP contribution in [0.15, 0.2) is 35.1 Å². The summed E-state index contributed by atoms with van der Waals surface area (Å²) >= 11 is 0. The van der Waals surface area contributed by atoms with Crippen LogP contribution < -0.4 is 10.6 Å². The van der Waals surface area contributed by atoms with Crippen LogP contribution in [0, 0.1) is 11.7 Å². The van der Waals surface area contributed by atoms with Crippen molar-refractivity contribution in [1.82, 2.24) is 10.2 Å². The highest BCUT2D eigenvalue weighted by Gasteiger charge is 2.29. The Morgan fingerprint density at radius 3 is 2.71 bits per heavy atom. The highest BCUT2D eigenvalue weighted by Crippen LogP contribution is 2.26. The van der Waals surface area contributed by atoms with Gasteiger partial charge in [0, 0.05) is 25.6 Å². The van der Waals surface area contributed by atoms with Crippen LogP contribution in [0.3, 0.4) is 0 Å². The number of carbonyl (C=O) groups excluding carboxylic acids is 2. The van der Waals surface area contributed by atoms with Gasteiger partial charge < -0.3 is 20.0 Å². The third kappa shape index (κ3) is 4.05. The van der Waals surface area contributed by atoms with Crippen LogP contribution in [-0.4, -0.2) is 36.3 Å². The van der Waals surface area contributed by atoms with E-state index in [2.05, 4.69) is 10.6 Å². The van der Waals surface area contributed by atoms with Crippen LogP contribution in [0.5, 0.6) is 0 Å². The number of hydrogen-bond donors (Lipinski definition) is 2. The van der Waals surface area contributed by atoms with Crippen molar-refractivity contribution in [2.45, 2.75) is 25.8 Å². The van der Waals surface area contributed by atoms with Crippen LogP contribution in [0.1, 0.15) is 34.3 Å². The molecular formula is C20H23ClFN3O3. The smallest absolute Gasteiger partial charge is 0.257 e. The Kier molecular flexibility index (Phi) is 6.36. The van der Waals surface area contributed by atoms with E-state index in [1.165, 1.54) is 12.5 Å². The average Bonchev–Trinajstić information content (AvgIpc) is 3.25. The number of nitrogens with zero attached hydrogens (tertiary/aromatic N) is 1. The molecule has 0 bridgehead atoms. The third-order valence-corrected chi connectivity index (χ3v) is 5.39. The van der Waals surface area contributed by atoms with Gasteiger partial charge in [-0.1, -0.05) is 6.07 Å². The molecule has 8 heteroatoms. The van der Waals surface area contributed by atoms with E-state index in [0.717, 1.165) is 12.1 Å². The van der Waals surface area contributed by atoms with E-state index in [-0.39, 0.29) is 41.6 Å². The van der Waals surface area contributed by atoms with Crippen molar-refractivity contribution in [2.75, 3.05) is 25.0 Å². The monoisotopic (exact) mass is 407 g/mol. The fourth-order valence-corrected chi connectivity index (χ4v) is 3.78. The van der Waals surface area contributed by atoms with Crippen molar-refractivity contribution in [2.24, 2.45) is 5.92 Å². The lowest BCUT2D eigenvalue weighted by molar-refractivity contribution is -0.121. The second-order valence-corrected chi connectivity index (χ2v) is 7.06. The summed E-state index contributed by atoms with van der Waals surface area (Å²) in [7, 11) is 0. The number of amides is 2. The van der Waals surface area contributed by atoms with Crippen LogP contribution in [0.25, 0.3) is 0 Å². The molecule has 0 atom stereocenters. The average molecular weight is 408 g/mol. The molecular weight excluding hydrogens is 385 g/mol. The standard InChI is InChI=1S/C20H22FN3O3.ClH/c21-18-16-3-7-22-11-14(16)1-2-17(18)23-19(25)13-4-8-24(9-5-13)20(26)15-6-10-27-12-15;/h1-2,6,10,12-13,22H,3-5,7-9,11H2,(H,23,25);1H. The molecule has 2 aliphatic heterocycles. The Labute approximate surface area is 168 Å². The molecule has 28 heavy (non-hydrogen) atoms. The maximum Gasteiger partial charge on any atom is 0.257 e. The Morgan fingerprint density at radius 1 is 1.21 bits per heavy atom. The zero-order valence-corrected chi connectivity index (χ0v) is 16.2. The van der Waals surface area contributed by atoms with Gasteiger partial charge in [-0.25, -0.2) is 4.39 Å². The lowest BCUT2D eigenvalue weighted by atomic mass is 9.95. The number of benzene rings is 1. The van der Waals surface area contributed by atoms with Crippen LogP contribution in [0.4, 0.5) is 10.1 Å². The van der Waals surface area contributed by atoms with Crippen molar-refractivity contribution in [3.63, 3.8) is 0 Å². The molecule has 1 aromatic heterocycles. The van der Waals surface area contributed by atoms with Crippen molar-refractivity contribution >= 4 is 29.9 Å². The number of likely N-dealkylation sites (tertiary alicyclic amines) is 1. The molecule has 1 aromatic carbocycles. The minimum atomic E-state index is -0.324. The van der Waals surface area contributed by atoms with E-state index in [0.29, 0.717) is 50.0 Å². The van der Waals surface area contributed by atoms with E-state index in [1.54, 1.807) is 17.0 Å². The van der Waals surface area contributed by atoms with Gasteiger partial charge in [-0.2, -0.15) is 0 Å². The SMILES string of the molecule is Cl.O=C(Nc1ccc2c(c1F)CCNC2)C1CCN(C(=O)c2ccoc2)CC1. The summed E-state index contributed by atoms with van der Waals surface area (Å²) in [5, 5.41) is 5.96. The molecule has 2 aromatic rings. The molecule has 1 fully saturated rings. The Morgan fingerprint density at radius 2 is 2.00 bits per heavy atom. The highest BCUT2D eigenvalue weighted by atomic mass is 35.5. The van der Waals surface area contributed by atoms with Gasteiger partial charge >= 0.3 is 0 Å². The van der Waals surface area contributed by atoms with E-state index in [4.69, 9.17) is 4.42 Å². The van der Waals surface area contributed by atoms with E-state index < -0.39 is 0 Å². The van der Waals surface area contributed by atoms with Gasteiger partial charge in [0.25, 0.3) is 5.91 Å². The summed E-state index contributed by atoms with van der Waals surface area (Å²) in [4.78, 5) is 26.6. The topological polar surface area (TPSA) is 74.6 Å². The van der Waals surface area contributed by atoms with Crippen molar-refractivity contribution in [1.29, 1.82) is 0 Å². The molecule has 0 spiro atoms. The number of piperidine rings is 1. The molecule has 0 unspecified atom stereocenters. The van der Waals surface area contributed by atoms with E-state index >= 15 is 0 Å². The highest BCUT2D eigenvalue weighted by molar-refractivity contribution is 5.95. The number of halogens is 2. The third-order valence-electron chi connectivity index (χ3n) is 5.39. The molecule has 2 N–H and O–H groups in total. The van der Waals surface area contributed by atoms with Gasteiger partial charge in [0.2, 0.25) is 5.91 Å². The van der Waals surface area contributed by atoms with Crippen LogP contribution in [0.2, 0.25) is 0 Å². The lowest BCUT2D eigenvalue weighted by Crippen LogP contribution is -2.41. The zero-order valence-electron chi connectivity index (χ0n) is 15.4. The summed E-state index contributed by atoms with van der Waals surface area (Å²) in [6, 6.07) is 5.14. The predicted octanol–water partition coefficient (Wildman–Crippen LogP) is 2.98.